The molecule has 9 nitrogen and oxygen atoms in total. The molecule has 24 heavy (non-hydrogen) atoms. The molecule has 11 heteroatoms. The van der Waals surface area contributed by atoms with E-state index in [9.17, 15) is 21.6 Å². The molecule has 134 valence electrons. The van der Waals surface area contributed by atoms with E-state index in [2.05, 4.69) is 0 Å². The molecule has 1 aliphatic heterocycles. The van der Waals surface area contributed by atoms with Crippen LogP contribution in [0.25, 0.3) is 0 Å². The topological polar surface area (TPSA) is 115 Å². The standard InChI is InChI=1S/C13H19N3O6S2/c1-14(2)24(21,22)16-8-6-15(7-9-16)23(19,20)12-5-3-4-11(10-12)13(17)18/h3-5,10H,6-9H2,1-2H3,(H,17,18). The fraction of sp³-hybridized carbons (Fsp3) is 0.462. The molecule has 1 saturated heterocycles. The summed E-state index contributed by atoms with van der Waals surface area (Å²) in [5, 5.41) is 8.98. The first-order chi connectivity index (χ1) is 11.1. The average molecular weight is 377 g/mol. The van der Waals surface area contributed by atoms with E-state index in [4.69, 9.17) is 5.11 Å². The van der Waals surface area contributed by atoms with E-state index in [1.54, 1.807) is 0 Å². The number of nitrogens with zero attached hydrogens (tertiary/aromatic N) is 3. The summed E-state index contributed by atoms with van der Waals surface area (Å²) in [5.74, 6) is -1.21. The molecule has 1 N–H and O–H groups in total. The monoisotopic (exact) mass is 377 g/mol. The number of piperazine rings is 1. The van der Waals surface area contributed by atoms with Gasteiger partial charge in [0.15, 0.2) is 0 Å². The zero-order valence-electron chi connectivity index (χ0n) is 13.3. The fourth-order valence-electron chi connectivity index (χ4n) is 2.31. The van der Waals surface area contributed by atoms with Crippen LogP contribution in [-0.2, 0) is 20.2 Å². The molecule has 1 fully saturated rings. The van der Waals surface area contributed by atoms with Gasteiger partial charge in [-0.25, -0.2) is 13.2 Å². The van der Waals surface area contributed by atoms with Gasteiger partial charge in [-0.15, -0.1) is 0 Å². The second kappa shape index (κ2) is 6.76. The Labute approximate surface area is 141 Å². The second-order valence-electron chi connectivity index (χ2n) is 5.43. The van der Waals surface area contributed by atoms with Gasteiger partial charge in [0.1, 0.15) is 0 Å². The lowest BCUT2D eigenvalue weighted by atomic mass is 10.2. The Kier molecular flexibility index (Phi) is 5.30. The first-order valence-electron chi connectivity index (χ1n) is 7.08. The fourth-order valence-corrected chi connectivity index (χ4v) is 4.87. The number of aromatic carboxylic acids is 1. The predicted molar refractivity (Wildman–Crippen MR) is 86.3 cm³/mol. The maximum absolute atomic E-state index is 12.6. The van der Waals surface area contributed by atoms with Crippen LogP contribution in [-0.4, -0.2) is 81.1 Å². The lowest BCUT2D eigenvalue weighted by Gasteiger charge is -2.34. The van der Waals surface area contributed by atoms with Crippen molar-refractivity contribution in [2.45, 2.75) is 4.90 Å². The third-order valence-corrected chi connectivity index (χ3v) is 7.54. The number of hydrogen-bond acceptors (Lipinski definition) is 5. The number of carboxylic acid groups (broad SMARTS) is 1. The lowest BCUT2D eigenvalue weighted by Crippen LogP contribution is -2.52. The van der Waals surface area contributed by atoms with Crippen molar-refractivity contribution >= 4 is 26.2 Å². The zero-order chi connectivity index (χ0) is 18.1. The highest BCUT2D eigenvalue weighted by molar-refractivity contribution is 7.89. The van der Waals surface area contributed by atoms with Gasteiger partial charge in [0.25, 0.3) is 10.2 Å². The number of carboxylic acids is 1. The molecule has 0 atom stereocenters. The van der Waals surface area contributed by atoms with Crippen LogP contribution in [0.2, 0.25) is 0 Å². The smallest absolute Gasteiger partial charge is 0.335 e. The van der Waals surface area contributed by atoms with Crippen molar-refractivity contribution in [3.05, 3.63) is 29.8 Å². The lowest BCUT2D eigenvalue weighted by molar-refractivity contribution is 0.0696. The third-order valence-electron chi connectivity index (χ3n) is 3.70. The maximum Gasteiger partial charge on any atom is 0.335 e. The summed E-state index contributed by atoms with van der Waals surface area (Å²) < 4.78 is 52.8. The minimum atomic E-state index is -3.87. The Morgan fingerprint density at radius 2 is 1.58 bits per heavy atom. The van der Waals surface area contributed by atoms with Gasteiger partial charge in [0.2, 0.25) is 10.0 Å². The van der Waals surface area contributed by atoms with Crippen LogP contribution in [0.3, 0.4) is 0 Å². The predicted octanol–water partition coefficient (Wildman–Crippen LogP) is -0.502. The van der Waals surface area contributed by atoms with Gasteiger partial charge in [0.05, 0.1) is 10.5 Å². The molecular weight excluding hydrogens is 358 g/mol. The van der Waals surface area contributed by atoms with Crippen molar-refractivity contribution in [2.24, 2.45) is 0 Å². The van der Waals surface area contributed by atoms with Gasteiger partial charge in [-0.1, -0.05) is 6.07 Å². The number of carbonyl (C=O) groups is 1. The molecule has 1 aromatic carbocycles. The highest BCUT2D eigenvalue weighted by Crippen LogP contribution is 2.20. The molecule has 1 heterocycles. The highest BCUT2D eigenvalue weighted by Gasteiger charge is 2.34. The second-order valence-corrected chi connectivity index (χ2v) is 9.51. The van der Waals surface area contributed by atoms with E-state index < -0.39 is 26.2 Å². The van der Waals surface area contributed by atoms with Crippen LogP contribution in [0.15, 0.2) is 29.2 Å². The molecule has 2 rings (SSSR count). The zero-order valence-corrected chi connectivity index (χ0v) is 14.9. The van der Waals surface area contributed by atoms with Crippen molar-refractivity contribution in [3.8, 4) is 0 Å². The molecule has 1 aromatic rings. The summed E-state index contributed by atoms with van der Waals surface area (Å²) >= 11 is 0. The largest absolute Gasteiger partial charge is 0.478 e. The summed E-state index contributed by atoms with van der Waals surface area (Å²) in [4.78, 5) is 10.9. The number of benzene rings is 1. The molecule has 0 amide bonds. The van der Waals surface area contributed by atoms with Gasteiger partial charge in [-0.2, -0.15) is 21.3 Å². The molecular formula is C13H19N3O6S2. The van der Waals surface area contributed by atoms with Crippen LogP contribution in [0.4, 0.5) is 0 Å². The van der Waals surface area contributed by atoms with Gasteiger partial charge in [0, 0.05) is 40.3 Å². The molecule has 1 aliphatic rings. The molecule has 0 saturated carbocycles. The molecule has 0 aromatic heterocycles. The Morgan fingerprint density at radius 1 is 1.04 bits per heavy atom. The molecule has 0 radical (unpaired) electrons. The van der Waals surface area contributed by atoms with E-state index >= 15 is 0 Å². The van der Waals surface area contributed by atoms with Gasteiger partial charge in [-0.05, 0) is 18.2 Å². The number of sulfonamides is 1. The molecule has 0 bridgehead atoms. The first-order valence-corrected chi connectivity index (χ1v) is 9.91. The van der Waals surface area contributed by atoms with Crippen molar-refractivity contribution in [1.29, 1.82) is 0 Å². The summed E-state index contributed by atoms with van der Waals surface area (Å²) in [6, 6.07) is 5.09. The normalized spacial score (nSPS) is 18.0. The minimum absolute atomic E-state index is 0.00665. The Balaban J connectivity index is 2.19. The minimum Gasteiger partial charge on any atom is -0.478 e. The van der Waals surface area contributed by atoms with Crippen LogP contribution < -0.4 is 0 Å². The van der Waals surface area contributed by atoms with Crippen molar-refractivity contribution in [3.63, 3.8) is 0 Å². The number of rotatable bonds is 5. The molecule has 0 unspecified atom stereocenters. The summed E-state index contributed by atoms with van der Waals surface area (Å²) in [6.07, 6.45) is 0. The number of hydrogen-bond donors (Lipinski definition) is 1. The van der Waals surface area contributed by atoms with Crippen LogP contribution in [0.1, 0.15) is 10.4 Å². The Bertz CT molecular complexity index is 827. The van der Waals surface area contributed by atoms with Crippen molar-refractivity contribution < 1.29 is 26.7 Å². The summed E-state index contributed by atoms with van der Waals surface area (Å²) in [6.45, 7) is 0.0934. The Morgan fingerprint density at radius 3 is 2.08 bits per heavy atom. The third kappa shape index (κ3) is 3.59. The van der Waals surface area contributed by atoms with Gasteiger partial charge in [-0.3, -0.25) is 0 Å². The quantitative estimate of drug-likeness (QED) is 0.739. The van der Waals surface area contributed by atoms with E-state index in [-0.39, 0.29) is 36.6 Å². The summed E-state index contributed by atoms with van der Waals surface area (Å²) in [5.41, 5.74) is -0.120. The molecule has 0 aliphatic carbocycles. The van der Waals surface area contributed by atoms with Gasteiger partial charge < -0.3 is 5.11 Å². The van der Waals surface area contributed by atoms with E-state index in [1.165, 1.54) is 36.6 Å². The molecule has 0 spiro atoms. The van der Waals surface area contributed by atoms with E-state index in [1.807, 2.05) is 0 Å². The average Bonchev–Trinajstić information content (AvgIpc) is 2.54. The van der Waals surface area contributed by atoms with Crippen LogP contribution in [0.5, 0.6) is 0 Å². The van der Waals surface area contributed by atoms with Crippen molar-refractivity contribution in [2.75, 3.05) is 40.3 Å². The summed E-state index contributed by atoms with van der Waals surface area (Å²) in [7, 11) is -4.63. The SMILES string of the molecule is CN(C)S(=O)(=O)N1CCN(S(=O)(=O)c2cccc(C(=O)O)c2)CC1. The van der Waals surface area contributed by atoms with E-state index in [0.717, 1.165) is 14.7 Å². The van der Waals surface area contributed by atoms with Crippen molar-refractivity contribution in [1.82, 2.24) is 12.9 Å². The van der Waals surface area contributed by atoms with Crippen LogP contribution in [0, 0.1) is 0 Å². The van der Waals surface area contributed by atoms with E-state index in [0.29, 0.717) is 0 Å². The maximum atomic E-state index is 12.6. The first kappa shape index (κ1) is 18.8. The Hall–Kier alpha value is -1.53. The van der Waals surface area contributed by atoms with Crippen LogP contribution >= 0.6 is 0 Å². The van der Waals surface area contributed by atoms with Gasteiger partial charge >= 0.3 is 5.97 Å². The highest BCUT2D eigenvalue weighted by atomic mass is 32.2.